The second-order valence-corrected chi connectivity index (χ2v) is 8.63. The number of carbonyl (C=O) groups is 1. The van der Waals surface area contributed by atoms with Gasteiger partial charge in [0, 0.05) is 42.6 Å². The van der Waals surface area contributed by atoms with Crippen molar-refractivity contribution in [3.63, 3.8) is 0 Å². The van der Waals surface area contributed by atoms with E-state index in [0.29, 0.717) is 43.1 Å². The average molecular weight is 394 g/mol. The molecule has 1 aliphatic rings. The van der Waals surface area contributed by atoms with E-state index in [1.54, 1.807) is 42.6 Å². The molecule has 26 heavy (non-hydrogen) atoms. The van der Waals surface area contributed by atoms with Gasteiger partial charge in [0.1, 0.15) is 4.90 Å². The summed E-state index contributed by atoms with van der Waals surface area (Å²) < 4.78 is 26.6. The Morgan fingerprint density at radius 3 is 2.50 bits per heavy atom. The van der Waals surface area contributed by atoms with E-state index >= 15 is 0 Å². The summed E-state index contributed by atoms with van der Waals surface area (Å²) in [6.07, 6.45) is 4.34. The minimum Gasteiger partial charge on any atom is -0.352 e. The first-order chi connectivity index (χ1) is 12.5. The maximum Gasteiger partial charge on any atom is 0.251 e. The summed E-state index contributed by atoms with van der Waals surface area (Å²) in [7, 11) is -3.49. The van der Waals surface area contributed by atoms with Crippen LogP contribution in [0, 0.1) is 5.92 Å². The zero-order valence-corrected chi connectivity index (χ0v) is 15.7. The van der Waals surface area contributed by atoms with Crippen LogP contribution in [0.1, 0.15) is 23.2 Å². The monoisotopic (exact) mass is 393 g/mol. The number of hydrogen-bond acceptors (Lipinski definition) is 4. The standard InChI is InChI=1S/C18H20ClN3O3S/c19-16-5-3-15(4-6-16)18(23)21-12-14-7-10-22(11-8-14)26(24,25)17-2-1-9-20-13-17/h1-6,9,13-14H,7-8,10-12H2,(H,21,23). The predicted molar refractivity (Wildman–Crippen MR) is 99.5 cm³/mol. The summed E-state index contributed by atoms with van der Waals surface area (Å²) in [5.74, 6) is 0.110. The lowest BCUT2D eigenvalue weighted by Gasteiger charge is -2.31. The number of nitrogens with one attached hydrogen (secondary N) is 1. The summed E-state index contributed by atoms with van der Waals surface area (Å²) in [5.41, 5.74) is 0.561. The highest BCUT2D eigenvalue weighted by molar-refractivity contribution is 7.89. The Morgan fingerprint density at radius 2 is 1.88 bits per heavy atom. The van der Waals surface area contributed by atoms with Gasteiger partial charge in [0.15, 0.2) is 0 Å². The third-order valence-electron chi connectivity index (χ3n) is 4.50. The van der Waals surface area contributed by atoms with Gasteiger partial charge in [-0.25, -0.2) is 8.42 Å². The van der Waals surface area contributed by atoms with Gasteiger partial charge in [0.05, 0.1) is 0 Å². The quantitative estimate of drug-likeness (QED) is 0.846. The fourth-order valence-corrected chi connectivity index (χ4v) is 4.50. The molecule has 1 saturated heterocycles. The van der Waals surface area contributed by atoms with E-state index in [9.17, 15) is 13.2 Å². The van der Waals surface area contributed by atoms with Crippen molar-refractivity contribution in [3.8, 4) is 0 Å². The van der Waals surface area contributed by atoms with Crippen molar-refractivity contribution >= 4 is 27.5 Å². The smallest absolute Gasteiger partial charge is 0.251 e. The van der Waals surface area contributed by atoms with Crippen molar-refractivity contribution in [1.82, 2.24) is 14.6 Å². The van der Waals surface area contributed by atoms with Gasteiger partial charge < -0.3 is 5.32 Å². The highest BCUT2D eigenvalue weighted by Gasteiger charge is 2.29. The Kier molecular flexibility index (Phi) is 5.90. The van der Waals surface area contributed by atoms with Crippen molar-refractivity contribution in [2.24, 2.45) is 5.92 Å². The summed E-state index contributed by atoms with van der Waals surface area (Å²) in [6.45, 7) is 1.42. The van der Waals surface area contributed by atoms with Crippen LogP contribution in [0.15, 0.2) is 53.7 Å². The van der Waals surface area contributed by atoms with Gasteiger partial charge in [0.2, 0.25) is 10.0 Å². The Labute approximate surface area is 158 Å². The van der Waals surface area contributed by atoms with Gasteiger partial charge in [-0.1, -0.05) is 11.6 Å². The van der Waals surface area contributed by atoms with Crippen molar-refractivity contribution in [2.75, 3.05) is 19.6 Å². The number of benzene rings is 1. The molecule has 2 heterocycles. The van der Waals surface area contributed by atoms with Crippen molar-refractivity contribution in [1.29, 1.82) is 0 Å². The number of aromatic nitrogens is 1. The first kappa shape index (κ1) is 18.8. The van der Waals surface area contributed by atoms with Crippen LogP contribution in [-0.4, -0.2) is 43.2 Å². The van der Waals surface area contributed by atoms with E-state index in [4.69, 9.17) is 11.6 Å². The van der Waals surface area contributed by atoms with Crippen LogP contribution in [0.5, 0.6) is 0 Å². The molecule has 138 valence electrons. The van der Waals surface area contributed by atoms with Gasteiger partial charge in [-0.2, -0.15) is 4.31 Å². The van der Waals surface area contributed by atoms with Gasteiger partial charge in [0.25, 0.3) is 5.91 Å². The molecule has 6 nitrogen and oxygen atoms in total. The van der Waals surface area contributed by atoms with Gasteiger partial charge in [-0.3, -0.25) is 9.78 Å². The van der Waals surface area contributed by atoms with E-state index in [1.165, 1.54) is 10.5 Å². The van der Waals surface area contributed by atoms with Crippen LogP contribution in [0.25, 0.3) is 0 Å². The molecule has 1 aromatic heterocycles. The molecule has 1 amide bonds. The zero-order chi connectivity index (χ0) is 18.6. The number of pyridine rings is 1. The molecule has 1 aromatic carbocycles. The molecular weight excluding hydrogens is 374 g/mol. The summed E-state index contributed by atoms with van der Waals surface area (Å²) in [4.78, 5) is 16.2. The maximum absolute atomic E-state index is 12.6. The predicted octanol–water partition coefficient (Wildman–Crippen LogP) is 2.57. The largest absolute Gasteiger partial charge is 0.352 e. The van der Waals surface area contributed by atoms with Gasteiger partial charge in [-0.05, 0) is 55.2 Å². The second kappa shape index (κ2) is 8.16. The van der Waals surface area contributed by atoms with Gasteiger partial charge in [-0.15, -0.1) is 0 Å². The minimum atomic E-state index is -3.49. The molecule has 1 N–H and O–H groups in total. The summed E-state index contributed by atoms with van der Waals surface area (Å²) in [5, 5.41) is 3.50. The highest BCUT2D eigenvalue weighted by atomic mass is 35.5. The van der Waals surface area contributed by atoms with Crippen LogP contribution in [-0.2, 0) is 10.0 Å². The van der Waals surface area contributed by atoms with E-state index in [1.807, 2.05) is 0 Å². The molecule has 0 radical (unpaired) electrons. The van der Waals surface area contributed by atoms with Crippen LogP contribution in [0.4, 0.5) is 0 Å². The average Bonchev–Trinajstić information content (AvgIpc) is 2.67. The van der Waals surface area contributed by atoms with Gasteiger partial charge >= 0.3 is 0 Å². The number of amides is 1. The molecule has 1 fully saturated rings. The molecule has 0 unspecified atom stereocenters. The first-order valence-electron chi connectivity index (χ1n) is 8.41. The Morgan fingerprint density at radius 1 is 1.19 bits per heavy atom. The number of sulfonamides is 1. The zero-order valence-electron chi connectivity index (χ0n) is 14.1. The third-order valence-corrected chi connectivity index (χ3v) is 6.64. The molecule has 0 aliphatic carbocycles. The van der Waals surface area contributed by atoms with Crippen LogP contribution in [0.2, 0.25) is 5.02 Å². The lowest BCUT2D eigenvalue weighted by molar-refractivity contribution is 0.0941. The second-order valence-electron chi connectivity index (χ2n) is 6.25. The highest BCUT2D eigenvalue weighted by Crippen LogP contribution is 2.23. The molecule has 0 atom stereocenters. The molecule has 8 heteroatoms. The Hall–Kier alpha value is -1.96. The van der Waals surface area contributed by atoms with Crippen LogP contribution < -0.4 is 5.32 Å². The SMILES string of the molecule is O=C(NCC1CCN(S(=O)(=O)c2cccnc2)CC1)c1ccc(Cl)cc1. The fraction of sp³-hybridized carbons (Fsp3) is 0.333. The molecule has 0 spiro atoms. The Bertz CT molecular complexity index is 849. The van der Waals surface area contributed by atoms with Crippen LogP contribution in [0.3, 0.4) is 0 Å². The number of hydrogen-bond donors (Lipinski definition) is 1. The lowest BCUT2D eigenvalue weighted by atomic mass is 9.98. The van der Waals surface area contributed by atoms with Crippen LogP contribution >= 0.6 is 11.6 Å². The van der Waals surface area contributed by atoms with Crippen molar-refractivity contribution < 1.29 is 13.2 Å². The maximum atomic E-state index is 12.6. The lowest BCUT2D eigenvalue weighted by Crippen LogP contribution is -2.41. The molecule has 0 bridgehead atoms. The minimum absolute atomic E-state index is 0.146. The topological polar surface area (TPSA) is 79.4 Å². The summed E-state index contributed by atoms with van der Waals surface area (Å²) >= 11 is 5.82. The van der Waals surface area contributed by atoms with Crippen molar-refractivity contribution in [2.45, 2.75) is 17.7 Å². The fourth-order valence-electron chi connectivity index (χ4n) is 2.94. The molecule has 1 aliphatic heterocycles. The molecule has 2 aromatic rings. The normalized spacial score (nSPS) is 16.3. The van der Waals surface area contributed by atoms with E-state index in [-0.39, 0.29) is 16.7 Å². The number of rotatable bonds is 5. The number of halogens is 1. The molecular formula is C18H20ClN3O3S. The number of piperidine rings is 1. The number of nitrogens with zero attached hydrogens (tertiary/aromatic N) is 2. The number of carbonyl (C=O) groups excluding carboxylic acids is 1. The summed E-state index contributed by atoms with van der Waals surface area (Å²) in [6, 6.07) is 9.89. The van der Waals surface area contributed by atoms with Crippen molar-refractivity contribution in [3.05, 3.63) is 59.4 Å². The van der Waals surface area contributed by atoms with E-state index < -0.39 is 10.0 Å². The van der Waals surface area contributed by atoms with E-state index in [0.717, 1.165) is 0 Å². The van der Waals surface area contributed by atoms with E-state index in [2.05, 4.69) is 10.3 Å². The first-order valence-corrected chi connectivity index (χ1v) is 10.2. The third kappa shape index (κ3) is 4.41. The Balaban J connectivity index is 1.51. The molecule has 3 rings (SSSR count). The molecule has 0 saturated carbocycles.